The van der Waals surface area contributed by atoms with Crippen LogP contribution in [0.25, 0.3) is 0 Å². The molecule has 372 valence electrons. The Labute approximate surface area is 392 Å². The Hall–Kier alpha value is -1.66. The highest BCUT2D eigenvalue weighted by Crippen LogP contribution is 2.19. The number of unbranched alkanes of at least 4 members (excludes halogenated alkanes) is 35. The summed E-state index contributed by atoms with van der Waals surface area (Å²) in [5.74, 6) is -0.464. The van der Waals surface area contributed by atoms with Gasteiger partial charge in [0.1, 0.15) is 6.10 Å². The number of hydrogen-bond acceptors (Lipinski definition) is 5. The predicted molar refractivity (Wildman–Crippen MR) is 273 cm³/mol. The van der Waals surface area contributed by atoms with E-state index in [1.165, 1.54) is 186 Å². The van der Waals surface area contributed by atoms with E-state index in [2.05, 4.69) is 50.4 Å². The highest BCUT2D eigenvalue weighted by atomic mass is 16.5. The van der Waals surface area contributed by atoms with Gasteiger partial charge in [-0.2, -0.15) is 0 Å². The second-order valence-corrected chi connectivity index (χ2v) is 19.3. The average molecular weight is 889 g/mol. The van der Waals surface area contributed by atoms with Crippen LogP contribution in [0.4, 0.5) is 0 Å². The quantitative estimate of drug-likeness (QED) is 0.0321. The Kier molecular flexibility index (Phi) is 50.0. The molecular formula is C57H109NO5. The number of nitrogens with one attached hydrogen (secondary N) is 1. The summed E-state index contributed by atoms with van der Waals surface area (Å²) >= 11 is 0. The molecule has 3 N–H and O–H groups in total. The van der Waals surface area contributed by atoms with E-state index in [4.69, 9.17) is 4.74 Å². The zero-order chi connectivity index (χ0) is 45.9. The van der Waals surface area contributed by atoms with Gasteiger partial charge < -0.3 is 20.3 Å². The summed E-state index contributed by atoms with van der Waals surface area (Å²) in [6, 6.07) is -0.699. The smallest absolute Gasteiger partial charge is 0.306 e. The minimum Gasteiger partial charge on any atom is -0.462 e. The van der Waals surface area contributed by atoms with E-state index in [0.29, 0.717) is 19.3 Å². The van der Waals surface area contributed by atoms with Crippen LogP contribution < -0.4 is 5.32 Å². The number of esters is 1. The second kappa shape index (κ2) is 51.3. The van der Waals surface area contributed by atoms with Gasteiger partial charge in [-0.3, -0.25) is 9.59 Å². The first-order chi connectivity index (χ1) is 31.0. The number of rotatable bonds is 51. The molecule has 6 heteroatoms. The number of hydrogen-bond donors (Lipinski definition) is 3. The first kappa shape index (κ1) is 61.3. The summed E-state index contributed by atoms with van der Waals surface area (Å²) in [5.41, 5.74) is 0. The van der Waals surface area contributed by atoms with Crippen molar-refractivity contribution in [1.29, 1.82) is 0 Å². The number of carbonyl (C=O) groups is 2. The zero-order valence-electron chi connectivity index (χ0n) is 42.5. The third kappa shape index (κ3) is 46.7. The largest absolute Gasteiger partial charge is 0.462 e. The normalized spacial score (nSPS) is 13.3. The van der Waals surface area contributed by atoms with Crippen molar-refractivity contribution in [2.75, 3.05) is 6.61 Å². The lowest BCUT2D eigenvalue weighted by molar-refractivity contribution is -0.151. The molecule has 3 atom stereocenters. The average Bonchev–Trinajstić information content (AvgIpc) is 3.28. The van der Waals surface area contributed by atoms with E-state index < -0.39 is 18.2 Å². The predicted octanol–water partition coefficient (Wildman–Crippen LogP) is 17.1. The van der Waals surface area contributed by atoms with E-state index in [-0.39, 0.29) is 24.9 Å². The molecule has 0 aromatic rings. The first-order valence-electron chi connectivity index (χ1n) is 28.1. The molecule has 0 fully saturated rings. The molecule has 0 aliphatic carbocycles. The highest BCUT2D eigenvalue weighted by Gasteiger charge is 2.24. The highest BCUT2D eigenvalue weighted by molar-refractivity contribution is 5.77. The molecule has 0 rings (SSSR count). The minimum absolute atomic E-state index is 0.0777. The Bertz CT molecular complexity index is 997. The maximum absolute atomic E-state index is 13.2. The van der Waals surface area contributed by atoms with E-state index in [9.17, 15) is 19.8 Å². The van der Waals surface area contributed by atoms with Crippen molar-refractivity contribution in [2.45, 2.75) is 322 Å². The Morgan fingerprint density at radius 3 is 1.24 bits per heavy atom. The molecule has 0 aromatic carbocycles. The van der Waals surface area contributed by atoms with Gasteiger partial charge in [-0.05, 0) is 57.8 Å². The number of ether oxygens (including phenoxy) is 1. The minimum atomic E-state index is -0.785. The molecule has 0 saturated carbocycles. The molecule has 0 spiro atoms. The molecule has 0 heterocycles. The van der Waals surface area contributed by atoms with Crippen molar-refractivity contribution >= 4 is 11.9 Å². The molecule has 6 nitrogen and oxygen atoms in total. The van der Waals surface area contributed by atoms with Crippen LogP contribution in [-0.2, 0) is 14.3 Å². The van der Waals surface area contributed by atoms with Crippen molar-refractivity contribution in [1.82, 2.24) is 5.32 Å². The Morgan fingerprint density at radius 1 is 0.460 bits per heavy atom. The maximum atomic E-state index is 13.2. The summed E-state index contributed by atoms with van der Waals surface area (Å²) in [6.45, 7) is 6.47. The van der Waals surface area contributed by atoms with Gasteiger partial charge in [-0.1, -0.05) is 257 Å². The fraction of sp³-hybridized carbons (Fsp3) is 0.895. The topological polar surface area (TPSA) is 95.9 Å². The maximum Gasteiger partial charge on any atom is 0.306 e. The summed E-state index contributed by atoms with van der Waals surface area (Å²) in [4.78, 5) is 26.2. The van der Waals surface area contributed by atoms with Crippen LogP contribution in [-0.4, -0.2) is 46.9 Å². The number of carbonyl (C=O) groups excluding carboxylic acids is 2. The van der Waals surface area contributed by atoms with E-state index >= 15 is 0 Å². The van der Waals surface area contributed by atoms with Crippen LogP contribution in [0.2, 0.25) is 0 Å². The molecule has 0 saturated heterocycles. The SMILES string of the molecule is CCCCC/C=C\C/C=C\CCCCCCCCCC(CC(=O)NC(CO)C(O)CCCCCCCCCCC)OC(=O)CCCCCCCCCCCCCCCCCCCC. The van der Waals surface area contributed by atoms with Crippen LogP contribution in [0.5, 0.6) is 0 Å². The standard InChI is InChI=1S/C57H109NO5/c1-4-7-10-13-16-19-21-23-25-27-29-31-33-35-38-41-44-47-50-57(62)63-53(48-45-42-39-37-34-32-30-28-26-24-22-20-17-14-11-8-5-2)51-56(61)58-54(52-59)55(60)49-46-43-40-36-18-15-12-9-6-3/h17,20,24,26,53-55,59-60H,4-16,18-19,21-23,25,27-52H2,1-3H3,(H,58,61)/b20-17-,26-24-. The zero-order valence-corrected chi connectivity index (χ0v) is 42.5. The van der Waals surface area contributed by atoms with Gasteiger partial charge in [0.2, 0.25) is 5.91 Å². The Balaban J connectivity index is 4.50. The molecule has 0 bridgehead atoms. The molecule has 0 aromatic heterocycles. The van der Waals surface area contributed by atoms with Crippen molar-refractivity contribution in [3.05, 3.63) is 24.3 Å². The van der Waals surface area contributed by atoms with Gasteiger partial charge in [0.15, 0.2) is 0 Å². The molecule has 63 heavy (non-hydrogen) atoms. The lowest BCUT2D eigenvalue weighted by Gasteiger charge is -2.24. The summed E-state index contributed by atoms with van der Waals surface area (Å²) < 4.78 is 5.96. The lowest BCUT2D eigenvalue weighted by Crippen LogP contribution is -2.46. The van der Waals surface area contributed by atoms with Crippen molar-refractivity contribution in [3.63, 3.8) is 0 Å². The van der Waals surface area contributed by atoms with E-state index in [1.807, 2.05) is 0 Å². The third-order valence-electron chi connectivity index (χ3n) is 13.0. The van der Waals surface area contributed by atoms with Gasteiger partial charge in [0, 0.05) is 6.42 Å². The van der Waals surface area contributed by atoms with Crippen LogP contribution >= 0.6 is 0 Å². The van der Waals surface area contributed by atoms with E-state index in [1.54, 1.807) is 0 Å². The van der Waals surface area contributed by atoms with Gasteiger partial charge in [0.05, 0.1) is 25.2 Å². The van der Waals surface area contributed by atoms with Crippen LogP contribution in [0.3, 0.4) is 0 Å². The van der Waals surface area contributed by atoms with Gasteiger partial charge in [-0.15, -0.1) is 0 Å². The van der Waals surface area contributed by atoms with Crippen molar-refractivity contribution in [3.8, 4) is 0 Å². The van der Waals surface area contributed by atoms with Crippen molar-refractivity contribution in [2.24, 2.45) is 0 Å². The second-order valence-electron chi connectivity index (χ2n) is 19.3. The molecule has 0 aliphatic heterocycles. The van der Waals surface area contributed by atoms with Gasteiger partial charge in [-0.25, -0.2) is 0 Å². The molecule has 1 amide bonds. The first-order valence-corrected chi connectivity index (χ1v) is 28.1. The summed E-state index contributed by atoms with van der Waals surface area (Å²) in [7, 11) is 0. The van der Waals surface area contributed by atoms with E-state index in [0.717, 1.165) is 70.6 Å². The van der Waals surface area contributed by atoms with Gasteiger partial charge in [0.25, 0.3) is 0 Å². The third-order valence-corrected chi connectivity index (χ3v) is 13.0. The van der Waals surface area contributed by atoms with Crippen LogP contribution in [0.15, 0.2) is 24.3 Å². The number of amides is 1. The monoisotopic (exact) mass is 888 g/mol. The summed E-state index contributed by atoms with van der Waals surface area (Å²) in [5, 5.41) is 23.7. The number of aliphatic hydroxyl groups is 2. The van der Waals surface area contributed by atoms with Crippen LogP contribution in [0, 0.1) is 0 Å². The number of allylic oxidation sites excluding steroid dienone is 4. The van der Waals surface area contributed by atoms with Crippen LogP contribution in [0.1, 0.15) is 303 Å². The molecule has 3 unspecified atom stereocenters. The molecule has 0 aliphatic rings. The number of aliphatic hydroxyl groups excluding tert-OH is 2. The fourth-order valence-electron chi connectivity index (χ4n) is 8.76. The lowest BCUT2D eigenvalue weighted by atomic mass is 10.0. The Morgan fingerprint density at radius 2 is 0.810 bits per heavy atom. The molecule has 0 radical (unpaired) electrons. The fourth-order valence-corrected chi connectivity index (χ4v) is 8.76. The molecular weight excluding hydrogens is 779 g/mol. The van der Waals surface area contributed by atoms with Gasteiger partial charge >= 0.3 is 5.97 Å². The summed E-state index contributed by atoms with van der Waals surface area (Å²) in [6.07, 6.45) is 59.6. The van der Waals surface area contributed by atoms with Crippen molar-refractivity contribution < 1.29 is 24.5 Å².